The van der Waals surface area contributed by atoms with Crippen LogP contribution in [0.25, 0.3) is 0 Å². The second-order valence-corrected chi connectivity index (χ2v) is 6.55. The van der Waals surface area contributed by atoms with Crippen LogP contribution < -0.4 is 16.4 Å². The molecule has 1 saturated carbocycles. The molecular weight excluding hydrogens is 348 g/mol. The predicted octanol–water partition coefficient (Wildman–Crippen LogP) is 3.36. The second-order valence-electron chi connectivity index (χ2n) is 6.55. The van der Waals surface area contributed by atoms with Gasteiger partial charge in [-0.15, -0.1) is 0 Å². The minimum absolute atomic E-state index is 0.0137. The Kier molecular flexibility index (Phi) is 5.80. The fourth-order valence-corrected chi connectivity index (χ4v) is 3.21. The third-order valence-electron chi connectivity index (χ3n) is 4.60. The van der Waals surface area contributed by atoms with E-state index in [0.29, 0.717) is 11.6 Å². The maximum absolute atomic E-state index is 11.6. The molecule has 0 saturated heterocycles. The number of carbonyl (C=O) groups excluding carboxylic acids is 1. The molecule has 3 rings (SSSR count). The standard InChI is InChI=1S/C18H22N6O3/c19-16(25)13-9-5-6-10-14(13)22-17-15(24(26)27)11-20-18(23-17)21-12-7-3-1-2-4-8-12/h5-6,9-12H,1-4,7-8H2,(H2,19,25)(H2,20,21,22,23). The molecular formula is C18H22N6O3. The molecule has 1 aromatic carbocycles. The van der Waals surface area contributed by atoms with Crippen molar-refractivity contribution in [1.29, 1.82) is 0 Å². The van der Waals surface area contributed by atoms with E-state index < -0.39 is 10.8 Å². The molecule has 9 heteroatoms. The van der Waals surface area contributed by atoms with E-state index in [4.69, 9.17) is 5.73 Å². The molecule has 0 spiro atoms. The van der Waals surface area contributed by atoms with E-state index in [1.165, 1.54) is 19.0 Å². The lowest BCUT2D eigenvalue weighted by molar-refractivity contribution is -0.384. The van der Waals surface area contributed by atoms with Gasteiger partial charge in [0.05, 0.1) is 16.2 Å². The monoisotopic (exact) mass is 370 g/mol. The van der Waals surface area contributed by atoms with Gasteiger partial charge in [-0.3, -0.25) is 14.9 Å². The van der Waals surface area contributed by atoms with Crippen LogP contribution >= 0.6 is 0 Å². The van der Waals surface area contributed by atoms with Gasteiger partial charge in [0.25, 0.3) is 5.91 Å². The zero-order valence-electron chi connectivity index (χ0n) is 14.9. The van der Waals surface area contributed by atoms with Crippen LogP contribution in [-0.4, -0.2) is 26.8 Å². The van der Waals surface area contributed by atoms with Gasteiger partial charge in [0.2, 0.25) is 11.8 Å². The van der Waals surface area contributed by atoms with Crippen LogP contribution in [0.1, 0.15) is 48.9 Å². The summed E-state index contributed by atoms with van der Waals surface area (Å²) >= 11 is 0. The number of carbonyl (C=O) groups is 1. The fraction of sp³-hybridized carbons (Fsp3) is 0.389. The van der Waals surface area contributed by atoms with Gasteiger partial charge in [-0.2, -0.15) is 4.98 Å². The van der Waals surface area contributed by atoms with Crippen molar-refractivity contribution >= 4 is 29.0 Å². The quantitative estimate of drug-likeness (QED) is 0.403. The van der Waals surface area contributed by atoms with Crippen molar-refractivity contribution in [3.63, 3.8) is 0 Å². The number of nitro groups is 1. The first kappa shape index (κ1) is 18.6. The largest absolute Gasteiger partial charge is 0.366 e. The molecule has 0 atom stereocenters. The smallest absolute Gasteiger partial charge is 0.329 e. The molecule has 9 nitrogen and oxygen atoms in total. The Hall–Kier alpha value is -3.23. The summed E-state index contributed by atoms with van der Waals surface area (Å²) in [6.07, 6.45) is 7.93. The molecule has 0 unspecified atom stereocenters. The molecule has 0 bridgehead atoms. The maximum atomic E-state index is 11.6. The van der Waals surface area contributed by atoms with E-state index in [9.17, 15) is 14.9 Å². The number of anilines is 3. The van der Waals surface area contributed by atoms with E-state index in [2.05, 4.69) is 20.6 Å². The number of benzene rings is 1. The zero-order valence-corrected chi connectivity index (χ0v) is 14.9. The van der Waals surface area contributed by atoms with Crippen LogP contribution in [-0.2, 0) is 0 Å². The topological polar surface area (TPSA) is 136 Å². The summed E-state index contributed by atoms with van der Waals surface area (Å²) in [7, 11) is 0. The number of primary amides is 1. The molecule has 1 aliphatic carbocycles. The third kappa shape index (κ3) is 4.69. The highest BCUT2D eigenvalue weighted by Gasteiger charge is 2.21. The molecule has 0 aliphatic heterocycles. The van der Waals surface area contributed by atoms with Crippen LogP contribution in [0.4, 0.5) is 23.1 Å². The summed E-state index contributed by atoms with van der Waals surface area (Å²) in [5, 5.41) is 17.5. The number of hydrogen-bond donors (Lipinski definition) is 3. The number of hydrogen-bond acceptors (Lipinski definition) is 7. The van der Waals surface area contributed by atoms with Gasteiger partial charge >= 0.3 is 5.69 Å². The van der Waals surface area contributed by atoms with E-state index in [-0.39, 0.29) is 23.1 Å². The van der Waals surface area contributed by atoms with E-state index >= 15 is 0 Å². The summed E-state index contributed by atoms with van der Waals surface area (Å²) < 4.78 is 0. The molecule has 27 heavy (non-hydrogen) atoms. The first-order valence-corrected chi connectivity index (χ1v) is 8.98. The lowest BCUT2D eigenvalue weighted by atomic mass is 10.1. The number of nitrogens with one attached hydrogen (secondary N) is 2. The van der Waals surface area contributed by atoms with Gasteiger partial charge in [0.15, 0.2) is 0 Å². The van der Waals surface area contributed by atoms with E-state index in [0.717, 1.165) is 25.7 Å². The number of amides is 1. The summed E-state index contributed by atoms with van der Waals surface area (Å²) in [6.45, 7) is 0. The van der Waals surface area contributed by atoms with Crippen molar-refractivity contribution in [2.24, 2.45) is 5.73 Å². The van der Waals surface area contributed by atoms with Crippen LogP contribution in [0.3, 0.4) is 0 Å². The van der Waals surface area contributed by atoms with Crippen LogP contribution in [0.15, 0.2) is 30.5 Å². The van der Waals surface area contributed by atoms with Crippen molar-refractivity contribution in [3.8, 4) is 0 Å². The van der Waals surface area contributed by atoms with Gasteiger partial charge in [0, 0.05) is 6.04 Å². The maximum Gasteiger partial charge on any atom is 0.329 e. The second kappa shape index (κ2) is 8.43. The summed E-state index contributed by atoms with van der Waals surface area (Å²) in [5.74, 6) is -0.294. The number of para-hydroxylation sites is 1. The van der Waals surface area contributed by atoms with E-state index in [1.54, 1.807) is 24.3 Å². The average Bonchev–Trinajstić information content (AvgIpc) is 2.90. The Morgan fingerprint density at radius 2 is 1.89 bits per heavy atom. The van der Waals surface area contributed by atoms with Crippen LogP contribution in [0, 0.1) is 10.1 Å². The third-order valence-corrected chi connectivity index (χ3v) is 4.60. The highest BCUT2D eigenvalue weighted by Crippen LogP contribution is 2.28. The fourth-order valence-electron chi connectivity index (χ4n) is 3.21. The Labute approximate surface area is 156 Å². The lowest BCUT2D eigenvalue weighted by Gasteiger charge is -2.17. The lowest BCUT2D eigenvalue weighted by Crippen LogP contribution is -2.20. The molecule has 4 N–H and O–H groups in total. The van der Waals surface area contributed by atoms with Gasteiger partial charge < -0.3 is 16.4 Å². The molecule has 0 radical (unpaired) electrons. The molecule has 1 heterocycles. The number of nitrogens with zero attached hydrogens (tertiary/aromatic N) is 3. The number of rotatable bonds is 6. The van der Waals surface area contributed by atoms with Crippen molar-refractivity contribution < 1.29 is 9.72 Å². The van der Waals surface area contributed by atoms with Crippen molar-refractivity contribution in [2.75, 3.05) is 10.6 Å². The highest BCUT2D eigenvalue weighted by atomic mass is 16.6. The molecule has 1 fully saturated rings. The molecule has 2 aromatic rings. The minimum Gasteiger partial charge on any atom is -0.366 e. The first-order valence-electron chi connectivity index (χ1n) is 8.98. The zero-order chi connectivity index (χ0) is 19.2. The molecule has 1 aliphatic rings. The van der Waals surface area contributed by atoms with Gasteiger partial charge in [-0.25, -0.2) is 4.98 Å². The van der Waals surface area contributed by atoms with Crippen molar-refractivity contribution in [1.82, 2.24) is 9.97 Å². The van der Waals surface area contributed by atoms with Crippen LogP contribution in [0.2, 0.25) is 0 Å². The van der Waals surface area contributed by atoms with Crippen molar-refractivity contribution in [2.45, 2.75) is 44.6 Å². The predicted molar refractivity (Wildman–Crippen MR) is 102 cm³/mol. The summed E-state index contributed by atoms with van der Waals surface area (Å²) in [6, 6.07) is 6.78. The van der Waals surface area contributed by atoms with Gasteiger partial charge in [-0.05, 0) is 25.0 Å². The molecule has 1 amide bonds. The Morgan fingerprint density at radius 3 is 2.56 bits per heavy atom. The van der Waals surface area contributed by atoms with Crippen molar-refractivity contribution in [3.05, 3.63) is 46.1 Å². The number of nitrogens with two attached hydrogens (primary N) is 1. The van der Waals surface area contributed by atoms with Gasteiger partial charge in [-0.1, -0.05) is 37.8 Å². The normalized spacial score (nSPS) is 15.0. The van der Waals surface area contributed by atoms with E-state index in [1.807, 2.05) is 0 Å². The summed E-state index contributed by atoms with van der Waals surface area (Å²) in [5.41, 5.74) is 5.68. The Balaban J connectivity index is 1.88. The Bertz CT molecular complexity index is 834. The number of aromatic nitrogens is 2. The van der Waals surface area contributed by atoms with Crippen LogP contribution in [0.5, 0.6) is 0 Å². The van der Waals surface area contributed by atoms with Gasteiger partial charge in [0.1, 0.15) is 6.20 Å². The summed E-state index contributed by atoms with van der Waals surface area (Å²) in [4.78, 5) is 30.8. The molecule has 1 aromatic heterocycles. The Morgan fingerprint density at radius 1 is 1.19 bits per heavy atom. The highest BCUT2D eigenvalue weighted by molar-refractivity contribution is 5.99. The minimum atomic E-state index is -0.633. The molecule has 142 valence electrons. The average molecular weight is 370 g/mol. The first-order chi connectivity index (χ1) is 13.0. The SMILES string of the molecule is NC(=O)c1ccccc1Nc1nc(NC2CCCCCC2)ncc1[N+](=O)[O-].